The molecule has 0 bridgehead atoms. The monoisotopic (exact) mass is 408 g/mol. The molecule has 7 heteroatoms. The third kappa shape index (κ3) is 2.91. The molecule has 2 aliphatic rings. The van der Waals surface area contributed by atoms with Crippen LogP contribution in [0.1, 0.15) is 28.8 Å². The van der Waals surface area contributed by atoms with E-state index in [0.29, 0.717) is 17.9 Å². The van der Waals surface area contributed by atoms with Crippen LogP contribution in [0, 0.1) is 0 Å². The van der Waals surface area contributed by atoms with Crippen molar-refractivity contribution < 1.29 is 9.59 Å². The number of hydrogen-bond acceptors (Lipinski definition) is 4. The molecule has 1 aromatic heterocycles. The summed E-state index contributed by atoms with van der Waals surface area (Å²) in [6.07, 6.45) is 1.66. The number of nitrogens with one attached hydrogen (secondary N) is 1. The molecule has 3 N–H and O–H groups in total. The number of benzene rings is 2. The van der Waals surface area contributed by atoms with Gasteiger partial charge >= 0.3 is 0 Å². The van der Waals surface area contributed by atoms with Gasteiger partial charge in [0.1, 0.15) is 5.82 Å². The van der Waals surface area contributed by atoms with Crippen LogP contribution in [0.4, 0.5) is 11.5 Å². The van der Waals surface area contributed by atoms with Crippen molar-refractivity contribution in [1.82, 2.24) is 4.98 Å². The van der Waals surface area contributed by atoms with Crippen LogP contribution in [0.2, 0.25) is 0 Å². The molecule has 148 valence electrons. The fraction of sp³-hybridized carbons (Fsp3) is 0.227. The maximum absolute atomic E-state index is 12.9. The fourth-order valence-electron chi connectivity index (χ4n) is 4.56. The zero-order valence-electron chi connectivity index (χ0n) is 15.7. The molecule has 2 aliphatic heterocycles. The van der Waals surface area contributed by atoms with Gasteiger partial charge in [-0.05, 0) is 36.6 Å². The minimum absolute atomic E-state index is 0. The first kappa shape index (κ1) is 19.2. The van der Waals surface area contributed by atoms with Crippen molar-refractivity contribution in [3.8, 4) is 0 Å². The predicted octanol–water partition coefficient (Wildman–Crippen LogP) is 3.25. The normalized spacial score (nSPS) is 20.3. The van der Waals surface area contributed by atoms with Crippen molar-refractivity contribution in [2.24, 2.45) is 5.73 Å². The lowest BCUT2D eigenvalue weighted by Gasteiger charge is -2.39. The van der Waals surface area contributed by atoms with Crippen LogP contribution in [0.3, 0.4) is 0 Å². The zero-order chi connectivity index (χ0) is 19.3. The SMILES string of the molecule is Cl.NC(=O)c1cc(N2CCCC3(C2)C(=O)Nc2ccccc23)nc2ccccc12. The van der Waals surface area contributed by atoms with Crippen LogP contribution in [-0.2, 0) is 10.2 Å². The van der Waals surface area contributed by atoms with Crippen molar-refractivity contribution in [2.45, 2.75) is 18.3 Å². The summed E-state index contributed by atoms with van der Waals surface area (Å²) >= 11 is 0. The molecule has 2 aromatic carbocycles. The smallest absolute Gasteiger partial charge is 0.249 e. The maximum atomic E-state index is 12.9. The molecular formula is C22H21ClN4O2. The second-order valence-corrected chi connectivity index (χ2v) is 7.52. The highest BCUT2D eigenvalue weighted by molar-refractivity contribution is 6.08. The first-order valence-corrected chi connectivity index (χ1v) is 9.44. The first-order valence-electron chi connectivity index (χ1n) is 9.44. The first-order chi connectivity index (χ1) is 13.6. The minimum atomic E-state index is -0.588. The molecule has 3 aromatic rings. The number of halogens is 1. The van der Waals surface area contributed by atoms with E-state index in [1.165, 1.54) is 0 Å². The number of rotatable bonds is 2. The van der Waals surface area contributed by atoms with Crippen molar-refractivity contribution in [1.29, 1.82) is 0 Å². The van der Waals surface area contributed by atoms with Gasteiger partial charge in [-0.3, -0.25) is 9.59 Å². The summed E-state index contributed by atoms with van der Waals surface area (Å²) in [5.74, 6) is 0.244. The van der Waals surface area contributed by atoms with Gasteiger partial charge in [0.25, 0.3) is 0 Å². The van der Waals surface area contributed by atoms with Crippen LogP contribution in [-0.4, -0.2) is 29.9 Å². The van der Waals surface area contributed by atoms with E-state index < -0.39 is 11.3 Å². The van der Waals surface area contributed by atoms with Gasteiger partial charge in [-0.1, -0.05) is 36.4 Å². The molecule has 1 fully saturated rings. The third-order valence-corrected chi connectivity index (χ3v) is 5.91. The number of aromatic nitrogens is 1. The Balaban J connectivity index is 0.00000205. The van der Waals surface area contributed by atoms with Crippen LogP contribution in [0.25, 0.3) is 10.9 Å². The Bertz CT molecular complexity index is 1130. The van der Waals surface area contributed by atoms with Gasteiger partial charge in [0.2, 0.25) is 11.8 Å². The second-order valence-electron chi connectivity index (χ2n) is 7.52. The molecule has 29 heavy (non-hydrogen) atoms. The third-order valence-electron chi connectivity index (χ3n) is 5.91. The standard InChI is InChI=1S/C22H20N4O2.ClH/c23-20(27)15-12-19(24-17-8-3-1-6-14(15)17)26-11-5-10-22(13-26)16-7-2-4-9-18(16)25-21(22)28;/h1-4,6-9,12H,5,10-11,13H2,(H2,23,27)(H,25,28);1H. The van der Waals surface area contributed by atoms with E-state index in [1.54, 1.807) is 6.07 Å². The largest absolute Gasteiger partial charge is 0.366 e. The number of amides is 2. The molecule has 1 spiro atoms. The molecule has 0 saturated carbocycles. The van der Waals surface area contributed by atoms with Gasteiger partial charge in [-0.2, -0.15) is 0 Å². The van der Waals surface area contributed by atoms with E-state index >= 15 is 0 Å². The number of pyridine rings is 1. The van der Waals surface area contributed by atoms with Crippen LogP contribution < -0.4 is 16.0 Å². The van der Waals surface area contributed by atoms with E-state index in [1.807, 2.05) is 48.5 Å². The summed E-state index contributed by atoms with van der Waals surface area (Å²) in [6.45, 7) is 1.31. The highest BCUT2D eigenvalue weighted by Crippen LogP contribution is 2.44. The second kappa shape index (κ2) is 7.04. The number of anilines is 2. The van der Waals surface area contributed by atoms with E-state index in [0.717, 1.165) is 41.5 Å². The lowest BCUT2D eigenvalue weighted by molar-refractivity contribution is -0.121. The Labute approximate surface area is 174 Å². The molecule has 6 nitrogen and oxygen atoms in total. The Morgan fingerprint density at radius 1 is 1.14 bits per heavy atom. The summed E-state index contributed by atoms with van der Waals surface area (Å²) in [5, 5.41) is 3.77. The fourth-order valence-corrected chi connectivity index (χ4v) is 4.56. The topological polar surface area (TPSA) is 88.3 Å². The van der Waals surface area contributed by atoms with Crippen LogP contribution in [0.15, 0.2) is 54.6 Å². The number of hydrogen-bond donors (Lipinski definition) is 2. The van der Waals surface area contributed by atoms with Gasteiger partial charge in [0.15, 0.2) is 0 Å². The number of nitrogens with two attached hydrogens (primary N) is 1. The van der Waals surface area contributed by atoms with Gasteiger partial charge in [0, 0.05) is 24.2 Å². The van der Waals surface area contributed by atoms with E-state index in [2.05, 4.69) is 10.2 Å². The molecule has 0 radical (unpaired) electrons. The number of carbonyl (C=O) groups is 2. The zero-order valence-corrected chi connectivity index (χ0v) is 16.5. The summed E-state index contributed by atoms with van der Waals surface area (Å²) in [5.41, 5.74) is 8.15. The van der Waals surface area contributed by atoms with Crippen LogP contribution >= 0.6 is 12.4 Å². The lowest BCUT2D eigenvalue weighted by atomic mass is 9.75. The molecule has 0 aliphatic carbocycles. The van der Waals surface area contributed by atoms with Crippen molar-refractivity contribution in [3.63, 3.8) is 0 Å². The average Bonchev–Trinajstić information content (AvgIpc) is 2.98. The minimum Gasteiger partial charge on any atom is -0.366 e. The maximum Gasteiger partial charge on any atom is 0.249 e. The molecular weight excluding hydrogens is 388 g/mol. The number of piperidine rings is 1. The van der Waals surface area contributed by atoms with Gasteiger partial charge < -0.3 is 16.0 Å². The van der Waals surface area contributed by atoms with Gasteiger partial charge in [-0.15, -0.1) is 12.4 Å². The van der Waals surface area contributed by atoms with Crippen LogP contribution in [0.5, 0.6) is 0 Å². The molecule has 1 unspecified atom stereocenters. The number of nitrogens with zero attached hydrogens (tertiary/aromatic N) is 2. The summed E-state index contributed by atoms with van der Waals surface area (Å²) < 4.78 is 0. The predicted molar refractivity (Wildman–Crippen MR) is 116 cm³/mol. The summed E-state index contributed by atoms with van der Waals surface area (Å²) in [7, 11) is 0. The lowest BCUT2D eigenvalue weighted by Crippen LogP contribution is -2.50. The summed E-state index contributed by atoms with van der Waals surface area (Å²) in [6, 6.07) is 17.1. The number of para-hydroxylation sites is 2. The van der Waals surface area contributed by atoms with Crippen molar-refractivity contribution in [3.05, 3.63) is 65.7 Å². The van der Waals surface area contributed by atoms with E-state index in [-0.39, 0.29) is 18.3 Å². The van der Waals surface area contributed by atoms with E-state index in [4.69, 9.17) is 10.7 Å². The summed E-state index contributed by atoms with van der Waals surface area (Å²) in [4.78, 5) is 31.8. The number of primary amides is 1. The molecule has 2 amide bonds. The quantitative estimate of drug-likeness (QED) is 0.681. The molecule has 1 atom stereocenters. The van der Waals surface area contributed by atoms with Crippen molar-refractivity contribution >= 4 is 46.6 Å². The Kier molecular flexibility index (Phi) is 4.67. The number of carbonyl (C=O) groups excluding carboxylic acids is 2. The van der Waals surface area contributed by atoms with E-state index in [9.17, 15) is 9.59 Å². The van der Waals surface area contributed by atoms with Crippen molar-refractivity contribution in [2.75, 3.05) is 23.3 Å². The molecule has 3 heterocycles. The van der Waals surface area contributed by atoms with Gasteiger partial charge in [0.05, 0.1) is 16.5 Å². The number of fused-ring (bicyclic) bond motifs is 3. The molecule has 5 rings (SSSR count). The molecule has 1 saturated heterocycles. The highest BCUT2D eigenvalue weighted by atomic mass is 35.5. The Morgan fingerprint density at radius 3 is 2.72 bits per heavy atom. The van der Waals surface area contributed by atoms with Gasteiger partial charge in [-0.25, -0.2) is 4.98 Å². The Morgan fingerprint density at radius 2 is 1.90 bits per heavy atom. The Hall–Kier alpha value is -3.12. The highest BCUT2D eigenvalue weighted by Gasteiger charge is 2.49. The average molecular weight is 409 g/mol.